The number of unbranched alkanes of at least 4 members (excludes halogenated alkanes) is 1. The average molecular weight is 420 g/mol. The minimum absolute atomic E-state index is 0.163. The first-order valence-corrected chi connectivity index (χ1v) is 11.1. The first-order valence-electron chi connectivity index (χ1n) is 11.1. The van der Waals surface area contributed by atoms with E-state index in [1.807, 2.05) is 17.9 Å². The minimum Gasteiger partial charge on any atom is -0.381 e. The molecule has 1 aromatic heterocycles. The van der Waals surface area contributed by atoms with Crippen molar-refractivity contribution in [1.82, 2.24) is 25.5 Å². The highest BCUT2D eigenvalue weighted by atomic mass is 16.5. The van der Waals surface area contributed by atoms with Crippen LogP contribution in [0.25, 0.3) is 0 Å². The van der Waals surface area contributed by atoms with E-state index in [4.69, 9.17) is 4.74 Å². The number of carbonyl (C=O) groups excluding carboxylic acids is 1. The van der Waals surface area contributed by atoms with E-state index < -0.39 is 0 Å². The molecule has 0 bridgehead atoms. The third kappa shape index (κ3) is 8.94. The lowest BCUT2D eigenvalue weighted by atomic mass is 10.3. The lowest BCUT2D eigenvalue weighted by Gasteiger charge is -2.34. The lowest BCUT2D eigenvalue weighted by molar-refractivity contribution is -0.131. The molecule has 168 valence electrons. The van der Waals surface area contributed by atoms with Gasteiger partial charge in [0.05, 0.1) is 0 Å². The van der Waals surface area contributed by atoms with Gasteiger partial charge >= 0.3 is 0 Å². The SMILES string of the molecule is CCCCOCCCN=C(NCC)NCCC(=O)N1CCN(c2ncccn2)CC1. The van der Waals surface area contributed by atoms with Crippen LogP contribution in [0.4, 0.5) is 5.95 Å². The maximum atomic E-state index is 12.5. The smallest absolute Gasteiger partial charge is 0.225 e. The van der Waals surface area contributed by atoms with E-state index in [0.29, 0.717) is 32.6 Å². The van der Waals surface area contributed by atoms with Crippen LogP contribution in [-0.2, 0) is 9.53 Å². The Hall–Kier alpha value is -2.42. The van der Waals surface area contributed by atoms with Crippen molar-refractivity contribution in [3.8, 4) is 0 Å². The highest BCUT2D eigenvalue weighted by Crippen LogP contribution is 2.10. The lowest BCUT2D eigenvalue weighted by Crippen LogP contribution is -2.50. The van der Waals surface area contributed by atoms with Gasteiger partial charge in [-0.15, -0.1) is 0 Å². The second-order valence-corrected chi connectivity index (χ2v) is 7.17. The van der Waals surface area contributed by atoms with Crippen LogP contribution in [0, 0.1) is 0 Å². The first-order chi connectivity index (χ1) is 14.7. The Morgan fingerprint density at radius 1 is 1.10 bits per heavy atom. The summed E-state index contributed by atoms with van der Waals surface area (Å²) in [7, 11) is 0. The summed E-state index contributed by atoms with van der Waals surface area (Å²) in [4.78, 5) is 29.7. The van der Waals surface area contributed by atoms with Crippen molar-refractivity contribution in [1.29, 1.82) is 0 Å². The summed E-state index contributed by atoms with van der Waals surface area (Å²) >= 11 is 0. The van der Waals surface area contributed by atoms with Gasteiger partial charge < -0.3 is 25.2 Å². The number of ether oxygens (including phenoxy) is 1. The fourth-order valence-electron chi connectivity index (χ4n) is 3.10. The van der Waals surface area contributed by atoms with Crippen LogP contribution in [0.1, 0.15) is 39.5 Å². The number of piperazine rings is 1. The van der Waals surface area contributed by atoms with Crippen LogP contribution < -0.4 is 15.5 Å². The van der Waals surface area contributed by atoms with Gasteiger partial charge in [-0.2, -0.15) is 0 Å². The number of amides is 1. The summed E-state index contributed by atoms with van der Waals surface area (Å²) in [5, 5.41) is 6.48. The quantitative estimate of drug-likeness (QED) is 0.299. The van der Waals surface area contributed by atoms with E-state index in [9.17, 15) is 4.79 Å². The number of rotatable bonds is 12. The molecule has 0 unspecified atom stereocenters. The third-order valence-electron chi connectivity index (χ3n) is 4.80. The van der Waals surface area contributed by atoms with Gasteiger partial charge in [0.2, 0.25) is 11.9 Å². The summed E-state index contributed by atoms with van der Waals surface area (Å²) in [6.07, 6.45) is 7.10. The Morgan fingerprint density at radius 2 is 1.83 bits per heavy atom. The monoisotopic (exact) mass is 419 g/mol. The molecule has 1 aliphatic rings. The van der Waals surface area contributed by atoms with Crippen LogP contribution in [0.5, 0.6) is 0 Å². The van der Waals surface area contributed by atoms with E-state index >= 15 is 0 Å². The summed E-state index contributed by atoms with van der Waals surface area (Å²) in [6, 6.07) is 1.81. The molecule has 2 rings (SSSR count). The zero-order valence-electron chi connectivity index (χ0n) is 18.5. The standard InChI is InChI=1S/C21H37N7O2/c1-3-5-17-30-18-7-11-23-20(22-4-2)24-12-8-19(29)27-13-15-28(16-14-27)21-25-9-6-10-26-21/h6,9-10H,3-5,7-8,11-18H2,1-2H3,(H2,22,23,24). The van der Waals surface area contributed by atoms with Gasteiger partial charge in [-0.25, -0.2) is 9.97 Å². The average Bonchev–Trinajstić information content (AvgIpc) is 2.79. The Bertz CT molecular complexity index is 619. The Kier molecular flexibility index (Phi) is 11.6. The van der Waals surface area contributed by atoms with Crippen LogP contribution in [0.3, 0.4) is 0 Å². The zero-order chi connectivity index (χ0) is 21.4. The summed E-state index contributed by atoms with van der Waals surface area (Å²) in [6.45, 7) is 10.7. The molecular weight excluding hydrogens is 382 g/mol. The van der Waals surface area contributed by atoms with Crippen molar-refractivity contribution in [2.75, 3.05) is 63.9 Å². The molecule has 1 aliphatic heterocycles. The maximum absolute atomic E-state index is 12.5. The van der Waals surface area contributed by atoms with Crippen LogP contribution in [0.15, 0.2) is 23.5 Å². The van der Waals surface area contributed by atoms with Gasteiger partial charge in [0, 0.05) is 77.8 Å². The molecule has 9 nitrogen and oxygen atoms in total. The normalized spacial score (nSPS) is 14.7. The number of nitrogens with one attached hydrogen (secondary N) is 2. The molecule has 0 radical (unpaired) electrons. The Morgan fingerprint density at radius 3 is 2.53 bits per heavy atom. The van der Waals surface area contributed by atoms with Gasteiger partial charge in [-0.3, -0.25) is 9.79 Å². The largest absolute Gasteiger partial charge is 0.381 e. The van der Waals surface area contributed by atoms with Crippen LogP contribution in [0.2, 0.25) is 0 Å². The van der Waals surface area contributed by atoms with Crippen LogP contribution in [-0.4, -0.2) is 85.8 Å². The Balaban J connectivity index is 1.63. The number of hydrogen-bond acceptors (Lipinski definition) is 6. The zero-order valence-corrected chi connectivity index (χ0v) is 18.5. The van der Waals surface area contributed by atoms with Crippen LogP contribution >= 0.6 is 0 Å². The fraction of sp³-hybridized carbons (Fsp3) is 0.714. The molecule has 2 heterocycles. The number of guanidine groups is 1. The third-order valence-corrected chi connectivity index (χ3v) is 4.80. The molecule has 0 aliphatic carbocycles. The number of hydrogen-bond donors (Lipinski definition) is 2. The van der Waals surface area contributed by atoms with E-state index in [1.54, 1.807) is 12.4 Å². The number of anilines is 1. The molecule has 1 aromatic rings. The van der Waals surface area contributed by atoms with Gasteiger partial charge in [0.15, 0.2) is 5.96 Å². The second kappa shape index (κ2) is 14.5. The van der Waals surface area contributed by atoms with Gasteiger partial charge in [0.1, 0.15) is 0 Å². The van der Waals surface area contributed by atoms with E-state index in [1.165, 1.54) is 0 Å². The summed E-state index contributed by atoms with van der Waals surface area (Å²) < 4.78 is 5.56. The molecule has 0 saturated carbocycles. The minimum atomic E-state index is 0.163. The van der Waals surface area contributed by atoms with Gasteiger partial charge in [-0.05, 0) is 25.8 Å². The van der Waals surface area contributed by atoms with Crippen molar-refractivity contribution in [2.24, 2.45) is 4.99 Å². The number of aromatic nitrogens is 2. The van der Waals surface area contributed by atoms with Crippen molar-refractivity contribution >= 4 is 17.8 Å². The molecule has 0 spiro atoms. The number of carbonyl (C=O) groups is 1. The molecule has 2 N–H and O–H groups in total. The number of nitrogens with zero attached hydrogens (tertiary/aromatic N) is 5. The molecule has 9 heteroatoms. The maximum Gasteiger partial charge on any atom is 0.225 e. The fourth-order valence-corrected chi connectivity index (χ4v) is 3.10. The van der Waals surface area contributed by atoms with E-state index in [-0.39, 0.29) is 5.91 Å². The second-order valence-electron chi connectivity index (χ2n) is 7.17. The molecule has 1 fully saturated rings. The molecule has 0 atom stereocenters. The predicted octanol–water partition coefficient (Wildman–Crippen LogP) is 1.28. The van der Waals surface area contributed by atoms with Gasteiger partial charge in [-0.1, -0.05) is 13.3 Å². The van der Waals surface area contributed by atoms with Crippen molar-refractivity contribution in [3.05, 3.63) is 18.5 Å². The van der Waals surface area contributed by atoms with Crippen molar-refractivity contribution in [3.63, 3.8) is 0 Å². The topological polar surface area (TPSA) is 95.0 Å². The Labute approximate surface area is 180 Å². The molecule has 30 heavy (non-hydrogen) atoms. The van der Waals surface area contributed by atoms with Crippen molar-refractivity contribution in [2.45, 2.75) is 39.5 Å². The van der Waals surface area contributed by atoms with Gasteiger partial charge in [0.25, 0.3) is 0 Å². The summed E-state index contributed by atoms with van der Waals surface area (Å²) in [5.41, 5.74) is 0. The van der Waals surface area contributed by atoms with Crippen molar-refractivity contribution < 1.29 is 9.53 Å². The first kappa shape index (κ1) is 23.9. The van der Waals surface area contributed by atoms with E-state index in [2.05, 4.69) is 37.4 Å². The molecular formula is C21H37N7O2. The molecule has 1 amide bonds. The highest BCUT2D eigenvalue weighted by Gasteiger charge is 2.22. The summed E-state index contributed by atoms with van der Waals surface area (Å²) in [5.74, 6) is 1.65. The molecule has 0 aromatic carbocycles. The number of aliphatic imine (C=N–C) groups is 1. The highest BCUT2D eigenvalue weighted by molar-refractivity contribution is 5.81. The molecule has 1 saturated heterocycles. The van der Waals surface area contributed by atoms with E-state index in [0.717, 1.165) is 64.0 Å². The predicted molar refractivity (Wildman–Crippen MR) is 120 cm³/mol.